The fourth-order valence-electron chi connectivity index (χ4n) is 4.39. The number of aliphatic hydroxyl groups is 2. The van der Waals surface area contributed by atoms with Gasteiger partial charge in [0, 0.05) is 30.1 Å². The van der Waals surface area contributed by atoms with Crippen molar-refractivity contribution in [2.75, 3.05) is 11.9 Å². The first-order valence-corrected chi connectivity index (χ1v) is 10.2. The van der Waals surface area contributed by atoms with Crippen LogP contribution < -0.4 is 5.32 Å². The lowest BCUT2D eigenvalue weighted by atomic mass is 9.83. The normalized spacial score (nSPS) is 23.8. The number of anilines is 1. The van der Waals surface area contributed by atoms with Crippen LogP contribution in [0.4, 0.5) is 5.69 Å². The number of benzene rings is 2. The molecule has 6 nitrogen and oxygen atoms in total. The van der Waals surface area contributed by atoms with Crippen molar-refractivity contribution >= 4 is 17.5 Å². The minimum atomic E-state index is -1.66. The summed E-state index contributed by atoms with van der Waals surface area (Å²) in [4.78, 5) is 27.0. The second kappa shape index (κ2) is 8.05. The third-order valence-electron chi connectivity index (χ3n) is 6.19. The zero-order chi connectivity index (χ0) is 21.3. The van der Waals surface area contributed by atoms with Crippen molar-refractivity contribution < 1.29 is 19.8 Å². The minimum absolute atomic E-state index is 0.0864. The van der Waals surface area contributed by atoms with Gasteiger partial charge in [0.05, 0.1) is 12.6 Å². The number of carbonyl (C=O) groups excluding carboxylic acids is 2. The quantitative estimate of drug-likeness (QED) is 0.665. The number of carbonyl (C=O) groups is 2. The molecule has 6 heteroatoms. The lowest BCUT2D eigenvalue weighted by Gasteiger charge is -2.36. The Balaban J connectivity index is 1.45. The van der Waals surface area contributed by atoms with Gasteiger partial charge < -0.3 is 20.4 Å². The van der Waals surface area contributed by atoms with E-state index in [0.29, 0.717) is 24.2 Å². The van der Waals surface area contributed by atoms with Crippen molar-refractivity contribution in [2.24, 2.45) is 5.92 Å². The van der Waals surface area contributed by atoms with E-state index >= 15 is 0 Å². The van der Waals surface area contributed by atoms with Gasteiger partial charge in [-0.25, -0.2) is 0 Å². The molecule has 2 amide bonds. The third-order valence-corrected chi connectivity index (χ3v) is 6.19. The molecule has 0 bridgehead atoms. The van der Waals surface area contributed by atoms with Crippen molar-refractivity contribution in [1.29, 1.82) is 0 Å². The summed E-state index contributed by atoms with van der Waals surface area (Å²) in [6, 6.07) is 14.8. The zero-order valence-electron chi connectivity index (χ0n) is 16.9. The summed E-state index contributed by atoms with van der Waals surface area (Å²) < 4.78 is 0. The zero-order valence-corrected chi connectivity index (χ0v) is 16.9. The van der Waals surface area contributed by atoms with Crippen LogP contribution in [0, 0.1) is 5.92 Å². The lowest BCUT2D eigenvalue weighted by molar-refractivity contribution is -0.137. The first-order chi connectivity index (χ1) is 14.4. The first kappa shape index (κ1) is 20.3. The van der Waals surface area contributed by atoms with E-state index in [1.54, 1.807) is 48.2 Å². The monoisotopic (exact) mass is 406 g/mol. The van der Waals surface area contributed by atoms with Crippen LogP contribution in [0.1, 0.15) is 30.0 Å². The molecule has 0 saturated carbocycles. The molecule has 3 N–H and O–H groups in total. The van der Waals surface area contributed by atoms with Crippen LogP contribution in [-0.2, 0) is 28.2 Å². The highest BCUT2D eigenvalue weighted by Crippen LogP contribution is 2.41. The van der Waals surface area contributed by atoms with Crippen molar-refractivity contribution in [3.8, 4) is 0 Å². The SMILES string of the molecule is C[C@H](/C=C/CC(=O)N1Cc2ccccc2C[C@H]1CO)[C@@]1(O)C(=O)Nc2ccccc21. The summed E-state index contributed by atoms with van der Waals surface area (Å²) in [5, 5.41) is 23.6. The van der Waals surface area contributed by atoms with Gasteiger partial charge >= 0.3 is 0 Å². The molecule has 156 valence electrons. The highest BCUT2D eigenvalue weighted by molar-refractivity contribution is 6.05. The molecule has 2 aromatic rings. The number of para-hydroxylation sites is 1. The number of aliphatic hydroxyl groups excluding tert-OH is 1. The van der Waals surface area contributed by atoms with Crippen LogP contribution in [-0.4, -0.2) is 39.6 Å². The van der Waals surface area contributed by atoms with Crippen molar-refractivity contribution in [1.82, 2.24) is 4.90 Å². The number of hydrogen-bond donors (Lipinski definition) is 3. The Hall–Kier alpha value is -2.96. The molecule has 0 fully saturated rings. The van der Waals surface area contributed by atoms with Gasteiger partial charge in [0.2, 0.25) is 5.91 Å². The molecule has 0 spiro atoms. The number of hydrogen-bond acceptors (Lipinski definition) is 4. The third kappa shape index (κ3) is 3.42. The Labute approximate surface area is 175 Å². The molecule has 2 aliphatic rings. The summed E-state index contributed by atoms with van der Waals surface area (Å²) in [6.07, 6.45) is 4.19. The number of nitrogens with zero attached hydrogens (tertiary/aromatic N) is 1. The van der Waals surface area contributed by atoms with Gasteiger partial charge in [-0.15, -0.1) is 0 Å². The highest BCUT2D eigenvalue weighted by Gasteiger charge is 2.48. The molecule has 0 radical (unpaired) electrons. The van der Waals surface area contributed by atoms with Gasteiger partial charge in [-0.2, -0.15) is 0 Å². The van der Waals surface area contributed by atoms with E-state index in [1.165, 1.54) is 0 Å². The molecule has 3 atom stereocenters. The Kier molecular flexibility index (Phi) is 5.45. The van der Waals surface area contributed by atoms with Crippen molar-refractivity contribution in [2.45, 2.75) is 38.0 Å². The van der Waals surface area contributed by atoms with Gasteiger partial charge in [0.15, 0.2) is 5.60 Å². The average molecular weight is 406 g/mol. The van der Waals surface area contributed by atoms with Crippen molar-refractivity contribution in [3.63, 3.8) is 0 Å². The molecule has 0 unspecified atom stereocenters. The number of nitrogens with one attached hydrogen (secondary N) is 1. The Morgan fingerprint density at radius 3 is 2.70 bits per heavy atom. The Morgan fingerprint density at radius 1 is 1.23 bits per heavy atom. The molecule has 4 rings (SSSR count). The minimum Gasteiger partial charge on any atom is -0.394 e. The van der Waals surface area contributed by atoms with Gasteiger partial charge in [-0.3, -0.25) is 9.59 Å². The van der Waals surface area contributed by atoms with Crippen LogP contribution >= 0.6 is 0 Å². The molecule has 0 aliphatic carbocycles. The lowest BCUT2D eigenvalue weighted by Crippen LogP contribution is -2.46. The summed E-state index contributed by atoms with van der Waals surface area (Å²) >= 11 is 0. The predicted octanol–water partition coefficient (Wildman–Crippen LogP) is 2.35. The van der Waals surface area contributed by atoms with Gasteiger partial charge in [0.1, 0.15) is 0 Å². The maximum atomic E-state index is 12.8. The maximum Gasteiger partial charge on any atom is 0.261 e. The maximum absolute atomic E-state index is 12.8. The fraction of sp³-hybridized carbons (Fsp3) is 0.333. The summed E-state index contributed by atoms with van der Waals surface area (Å²) in [5.41, 5.74) is 1.76. The molecule has 0 aromatic heterocycles. The van der Waals surface area contributed by atoms with Gasteiger partial charge in [0.25, 0.3) is 5.91 Å². The molecular weight excluding hydrogens is 380 g/mol. The fourth-order valence-corrected chi connectivity index (χ4v) is 4.39. The largest absolute Gasteiger partial charge is 0.394 e. The van der Waals surface area contributed by atoms with Crippen LogP contribution in [0.3, 0.4) is 0 Å². The molecule has 2 aliphatic heterocycles. The molecule has 0 saturated heterocycles. The van der Waals surface area contributed by atoms with E-state index < -0.39 is 17.4 Å². The molecule has 2 aromatic carbocycles. The second-order valence-corrected chi connectivity index (χ2v) is 8.02. The van der Waals surface area contributed by atoms with Crippen LogP contribution in [0.5, 0.6) is 0 Å². The van der Waals surface area contributed by atoms with Gasteiger partial charge in [-0.05, 0) is 23.6 Å². The first-order valence-electron chi connectivity index (χ1n) is 10.2. The summed E-state index contributed by atoms with van der Waals surface area (Å²) in [6.45, 7) is 2.15. The van der Waals surface area contributed by atoms with Crippen molar-refractivity contribution in [3.05, 3.63) is 77.4 Å². The van der Waals surface area contributed by atoms with E-state index in [1.807, 2.05) is 24.3 Å². The van der Waals surface area contributed by atoms with Gasteiger partial charge in [-0.1, -0.05) is 61.5 Å². The molecular formula is C24H26N2O4. The standard InChI is InChI=1S/C24H26N2O4/c1-16(24(30)20-10-4-5-11-21(20)25-23(24)29)7-6-12-22(28)26-14-18-9-3-2-8-17(18)13-19(26)15-27/h2-11,16,19,27,30H,12-15H2,1H3,(H,25,29)/b7-6+/t16-,19+,24+/m1/s1. The topological polar surface area (TPSA) is 89.9 Å². The van der Waals surface area contributed by atoms with Crippen LogP contribution in [0.25, 0.3) is 0 Å². The van der Waals surface area contributed by atoms with E-state index in [9.17, 15) is 19.8 Å². The van der Waals surface area contributed by atoms with E-state index in [0.717, 1.165) is 11.1 Å². The number of fused-ring (bicyclic) bond motifs is 2. The van der Waals surface area contributed by atoms with E-state index in [2.05, 4.69) is 5.32 Å². The van der Waals surface area contributed by atoms with E-state index in [4.69, 9.17) is 0 Å². The number of amides is 2. The predicted molar refractivity (Wildman–Crippen MR) is 113 cm³/mol. The van der Waals surface area contributed by atoms with E-state index in [-0.39, 0.29) is 25.0 Å². The number of rotatable bonds is 5. The Morgan fingerprint density at radius 2 is 1.93 bits per heavy atom. The average Bonchev–Trinajstić information content (AvgIpc) is 3.03. The van der Waals surface area contributed by atoms with Crippen LogP contribution in [0.2, 0.25) is 0 Å². The second-order valence-electron chi connectivity index (χ2n) is 8.02. The summed E-state index contributed by atoms with van der Waals surface area (Å²) in [5.74, 6) is -1.06. The van der Waals surface area contributed by atoms with Crippen LogP contribution in [0.15, 0.2) is 60.7 Å². The summed E-state index contributed by atoms with van der Waals surface area (Å²) in [7, 11) is 0. The highest BCUT2D eigenvalue weighted by atomic mass is 16.3. The smallest absolute Gasteiger partial charge is 0.261 e. The molecule has 30 heavy (non-hydrogen) atoms. The molecule has 2 heterocycles. The Bertz CT molecular complexity index is 1000.